The summed E-state index contributed by atoms with van der Waals surface area (Å²) in [4.78, 5) is 38.7. The minimum absolute atomic E-state index is 0.0725. The molecule has 1 saturated heterocycles. The molecule has 0 spiro atoms. The summed E-state index contributed by atoms with van der Waals surface area (Å²) in [6.07, 6.45) is 3.21. The van der Waals surface area contributed by atoms with Crippen LogP contribution < -0.4 is 5.32 Å². The number of nitrogens with zero attached hydrogens (tertiary/aromatic N) is 1. The number of hydrogen-bond acceptors (Lipinski definition) is 3. The van der Waals surface area contributed by atoms with Crippen LogP contribution in [0.4, 0.5) is 5.69 Å². The van der Waals surface area contributed by atoms with E-state index in [1.54, 1.807) is 18.2 Å². The molecular formula is C18H18BrClN2O3. The van der Waals surface area contributed by atoms with Crippen LogP contribution >= 0.6 is 27.5 Å². The molecule has 1 heterocycles. The minimum atomic E-state index is -0.259. The summed E-state index contributed by atoms with van der Waals surface area (Å²) in [7, 11) is 0. The van der Waals surface area contributed by atoms with Crippen molar-refractivity contribution in [1.29, 1.82) is 0 Å². The van der Waals surface area contributed by atoms with Crippen LogP contribution in [0.1, 0.15) is 25.7 Å². The highest BCUT2D eigenvalue weighted by Gasteiger charge is 2.60. The van der Waals surface area contributed by atoms with Gasteiger partial charge in [-0.3, -0.25) is 19.3 Å². The minimum Gasteiger partial charge on any atom is -0.325 e. The summed E-state index contributed by atoms with van der Waals surface area (Å²) >= 11 is 9.40. The zero-order valence-electron chi connectivity index (χ0n) is 13.5. The zero-order chi connectivity index (χ0) is 17.7. The SMILES string of the molecule is O=C(CCN1C(=O)[C@@H]2[C@H]3CC[C@H](C3)[C@@H]2C1=O)Nc1ccc(Br)cc1Cl. The second kappa shape index (κ2) is 6.40. The summed E-state index contributed by atoms with van der Waals surface area (Å²) in [5.41, 5.74) is 0.517. The van der Waals surface area contributed by atoms with Gasteiger partial charge in [-0.1, -0.05) is 27.5 Å². The number of likely N-dealkylation sites (tertiary alicyclic amines) is 1. The molecule has 3 amide bonds. The number of halogens is 2. The number of fused-ring (bicyclic) bond motifs is 5. The second-order valence-electron chi connectivity index (χ2n) is 7.14. The predicted molar refractivity (Wildman–Crippen MR) is 96.9 cm³/mol. The summed E-state index contributed by atoms with van der Waals surface area (Å²) < 4.78 is 0.824. The van der Waals surface area contributed by atoms with Crippen molar-refractivity contribution in [3.63, 3.8) is 0 Å². The summed E-state index contributed by atoms with van der Waals surface area (Å²) in [6.45, 7) is 0.143. The van der Waals surface area contributed by atoms with Gasteiger partial charge in [0.15, 0.2) is 0 Å². The number of imide groups is 1. The number of carbonyl (C=O) groups excluding carboxylic acids is 3. The fourth-order valence-corrected chi connectivity index (χ4v) is 5.43. The highest BCUT2D eigenvalue weighted by Crippen LogP contribution is 2.56. The van der Waals surface area contributed by atoms with E-state index >= 15 is 0 Å². The molecule has 132 valence electrons. The molecule has 1 aromatic carbocycles. The third-order valence-electron chi connectivity index (χ3n) is 5.79. The van der Waals surface area contributed by atoms with Gasteiger partial charge in [-0.05, 0) is 49.3 Å². The largest absolute Gasteiger partial charge is 0.325 e. The molecule has 5 nitrogen and oxygen atoms in total. The first-order chi connectivity index (χ1) is 12.0. The molecule has 1 aliphatic heterocycles. The van der Waals surface area contributed by atoms with Gasteiger partial charge in [0.1, 0.15) is 0 Å². The first kappa shape index (κ1) is 17.0. The Balaban J connectivity index is 1.37. The van der Waals surface area contributed by atoms with Crippen LogP contribution in [0.25, 0.3) is 0 Å². The fourth-order valence-electron chi connectivity index (χ4n) is 4.71. The molecule has 4 atom stereocenters. The molecule has 2 aliphatic carbocycles. The van der Waals surface area contributed by atoms with E-state index in [0.717, 1.165) is 23.7 Å². The molecule has 1 aromatic rings. The fraction of sp³-hybridized carbons (Fsp3) is 0.500. The molecule has 4 rings (SSSR count). The number of amides is 3. The molecule has 7 heteroatoms. The van der Waals surface area contributed by atoms with Crippen LogP contribution in [0.15, 0.2) is 22.7 Å². The number of carbonyl (C=O) groups is 3. The highest BCUT2D eigenvalue weighted by atomic mass is 79.9. The standard InChI is InChI=1S/C18H18BrClN2O3/c19-11-3-4-13(12(20)8-11)21-14(23)5-6-22-17(24)15-9-1-2-10(7-9)16(15)18(22)25/h3-4,8-10,15-16H,1-2,5-7H2,(H,21,23)/t9-,10+,15+,16-. The van der Waals surface area contributed by atoms with Gasteiger partial charge in [0.2, 0.25) is 17.7 Å². The first-order valence-electron chi connectivity index (χ1n) is 8.56. The Morgan fingerprint density at radius 1 is 1.20 bits per heavy atom. The van der Waals surface area contributed by atoms with Gasteiger partial charge in [-0.2, -0.15) is 0 Å². The van der Waals surface area contributed by atoms with Gasteiger partial charge >= 0.3 is 0 Å². The lowest BCUT2D eigenvalue weighted by Gasteiger charge is -2.19. The lowest BCUT2D eigenvalue weighted by Crippen LogP contribution is -2.35. The lowest BCUT2D eigenvalue weighted by atomic mass is 9.81. The van der Waals surface area contributed by atoms with Crippen molar-refractivity contribution in [3.8, 4) is 0 Å². The Morgan fingerprint density at radius 3 is 2.44 bits per heavy atom. The van der Waals surface area contributed by atoms with Crippen molar-refractivity contribution in [2.75, 3.05) is 11.9 Å². The van der Waals surface area contributed by atoms with E-state index in [4.69, 9.17) is 11.6 Å². The molecule has 3 fully saturated rings. The van der Waals surface area contributed by atoms with Crippen molar-refractivity contribution in [2.24, 2.45) is 23.7 Å². The van der Waals surface area contributed by atoms with Crippen LogP contribution in [0, 0.1) is 23.7 Å². The maximum absolute atomic E-state index is 12.6. The van der Waals surface area contributed by atoms with Gasteiger partial charge < -0.3 is 5.32 Å². The quantitative estimate of drug-likeness (QED) is 0.751. The first-order valence-corrected chi connectivity index (χ1v) is 9.73. The Morgan fingerprint density at radius 2 is 1.84 bits per heavy atom. The van der Waals surface area contributed by atoms with Gasteiger partial charge in [-0.25, -0.2) is 0 Å². The van der Waals surface area contributed by atoms with Gasteiger partial charge in [0.05, 0.1) is 22.5 Å². The van der Waals surface area contributed by atoms with E-state index in [2.05, 4.69) is 21.2 Å². The Labute approximate surface area is 159 Å². The van der Waals surface area contributed by atoms with Gasteiger partial charge in [0.25, 0.3) is 0 Å². The van der Waals surface area contributed by atoms with Crippen molar-refractivity contribution in [3.05, 3.63) is 27.7 Å². The molecule has 2 saturated carbocycles. The summed E-state index contributed by atoms with van der Waals surface area (Å²) in [6, 6.07) is 5.19. The van der Waals surface area contributed by atoms with Crippen molar-refractivity contribution in [1.82, 2.24) is 4.90 Å². The maximum Gasteiger partial charge on any atom is 0.233 e. The molecule has 25 heavy (non-hydrogen) atoms. The van der Waals surface area contributed by atoms with E-state index in [1.807, 2.05) is 0 Å². The highest BCUT2D eigenvalue weighted by molar-refractivity contribution is 9.10. The number of anilines is 1. The van der Waals surface area contributed by atoms with Crippen molar-refractivity contribution < 1.29 is 14.4 Å². The molecule has 0 radical (unpaired) electrons. The average Bonchev–Trinajstić information content (AvgIpc) is 3.23. The number of nitrogens with one attached hydrogen (secondary N) is 1. The molecule has 3 aliphatic rings. The third kappa shape index (κ3) is 2.89. The van der Waals surface area contributed by atoms with Gasteiger partial charge in [0, 0.05) is 17.4 Å². The number of hydrogen-bond donors (Lipinski definition) is 1. The van der Waals surface area contributed by atoms with Crippen molar-refractivity contribution in [2.45, 2.75) is 25.7 Å². The van der Waals surface area contributed by atoms with Gasteiger partial charge in [-0.15, -0.1) is 0 Å². The molecule has 2 bridgehead atoms. The lowest BCUT2D eigenvalue weighted by molar-refractivity contribution is -0.140. The van der Waals surface area contributed by atoms with Crippen molar-refractivity contribution >= 4 is 50.9 Å². The van der Waals surface area contributed by atoms with E-state index in [1.165, 1.54) is 4.90 Å². The Bertz CT molecular complexity index is 741. The topological polar surface area (TPSA) is 66.5 Å². The third-order valence-corrected chi connectivity index (χ3v) is 6.59. The average molecular weight is 426 g/mol. The van der Waals surface area contributed by atoms with Crippen LogP contribution in [0.3, 0.4) is 0 Å². The van der Waals surface area contributed by atoms with E-state index in [0.29, 0.717) is 22.5 Å². The number of benzene rings is 1. The smallest absolute Gasteiger partial charge is 0.233 e. The Hall–Kier alpha value is -1.40. The normalized spacial score (nSPS) is 30.1. The van der Waals surface area contributed by atoms with Crippen LogP contribution in [-0.2, 0) is 14.4 Å². The molecule has 1 N–H and O–H groups in total. The van der Waals surface area contributed by atoms with E-state index in [9.17, 15) is 14.4 Å². The zero-order valence-corrected chi connectivity index (χ0v) is 15.8. The number of rotatable bonds is 4. The summed E-state index contributed by atoms with van der Waals surface area (Å²) in [5, 5.41) is 3.16. The molecule has 0 aromatic heterocycles. The summed E-state index contributed by atoms with van der Waals surface area (Å²) in [5.74, 6) is 0.0716. The van der Waals surface area contributed by atoms with Crippen LogP contribution in [0.2, 0.25) is 5.02 Å². The maximum atomic E-state index is 12.6. The Kier molecular flexibility index (Phi) is 4.36. The second-order valence-corrected chi connectivity index (χ2v) is 8.46. The van der Waals surface area contributed by atoms with Crippen LogP contribution in [-0.4, -0.2) is 29.2 Å². The van der Waals surface area contributed by atoms with E-state index < -0.39 is 0 Å². The molecule has 0 unspecified atom stereocenters. The monoisotopic (exact) mass is 424 g/mol. The molecular weight excluding hydrogens is 408 g/mol. The predicted octanol–water partition coefficient (Wildman–Crippen LogP) is 3.46. The van der Waals surface area contributed by atoms with Crippen LogP contribution in [0.5, 0.6) is 0 Å². The van der Waals surface area contributed by atoms with E-state index in [-0.39, 0.29) is 42.5 Å².